The summed E-state index contributed by atoms with van der Waals surface area (Å²) in [7, 11) is 0.931. The molecule has 166 valence electrons. The van der Waals surface area contributed by atoms with Crippen LogP contribution in [0.25, 0.3) is 0 Å². The molecule has 5 nitrogen and oxygen atoms in total. The number of aliphatic hydroxyl groups is 1. The first-order valence-electron chi connectivity index (χ1n) is 10.9. The number of likely N-dealkylation sites (N-methyl/N-ethyl adjacent to an activating group) is 1. The van der Waals surface area contributed by atoms with Crippen molar-refractivity contribution in [3.63, 3.8) is 0 Å². The molecule has 0 radical (unpaired) electrons. The Morgan fingerprint density at radius 1 is 0.786 bits per heavy atom. The summed E-state index contributed by atoms with van der Waals surface area (Å²) in [5.41, 5.74) is 0. The van der Waals surface area contributed by atoms with Gasteiger partial charge in [0.1, 0.15) is 6.54 Å². The standard InChI is InChI=1S/C22H44NO4P/c1-5-6-7-8-9-10-11-12-13-14-15-16-17-18-19-20-22(24,28(25,26)27)21-23(2,3)4/h8-9,14-15,24H,5-7,10-13,16-21H2,1-4H3,(H-,25,26,27)/p+1/b9-8-,15-14-. The molecule has 0 rings (SSSR count). The van der Waals surface area contributed by atoms with Crippen LogP contribution in [-0.2, 0) is 4.57 Å². The van der Waals surface area contributed by atoms with E-state index in [1.54, 1.807) is 0 Å². The lowest BCUT2D eigenvalue weighted by molar-refractivity contribution is -0.875. The lowest BCUT2D eigenvalue weighted by Crippen LogP contribution is -2.49. The number of hydrogen-bond donors (Lipinski definition) is 3. The van der Waals surface area contributed by atoms with E-state index in [9.17, 15) is 19.5 Å². The van der Waals surface area contributed by atoms with Gasteiger partial charge in [-0.15, -0.1) is 0 Å². The fourth-order valence-electron chi connectivity index (χ4n) is 3.24. The molecule has 0 saturated heterocycles. The minimum absolute atomic E-state index is 0.0466. The maximum atomic E-state index is 11.7. The summed E-state index contributed by atoms with van der Waals surface area (Å²) in [5, 5.41) is 8.57. The normalized spacial score (nSPS) is 15.5. The average molecular weight is 419 g/mol. The molecule has 28 heavy (non-hydrogen) atoms. The van der Waals surface area contributed by atoms with Gasteiger partial charge in [0.2, 0.25) is 5.34 Å². The van der Waals surface area contributed by atoms with E-state index in [0.717, 1.165) is 25.7 Å². The average Bonchev–Trinajstić information content (AvgIpc) is 2.56. The molecule has 0 bridgehead atoms. The quantitative estimate of drug-likeness (QED) is 0.128. The Morgan fingerprint density at radius 3 is 1.61 bits per heavy atom. The molecule has 0 aliphatic heterocycles. The number of allylic oxidation sites excluding steroid dienone is 4. The predicted octanol–water partition coefficient (Wildman–Crippen LogP) is 5.37. The highest BCUT2D eigenvalue weighted by Crippen LogP contribution is 2.52. The second-order valence-corrected chi connectivity index (χ2v) is 10.9. The van der Waals surface area contributed by atoms with Crippen LogP contribution >= 0.6 is 7.60 Å². The molecule has 0 aliphatic carbocycles. The van der Waals surface area contributed by atoms with Crippen LogP contribution < -0.4 is 0 Å². The lowest BCUT2D eigenvalue weighted by Gasteiger charge is -2.35. The SMILES string of the molecule is CCCC/C=C\CCCC/C=C\CCCCCC(O)(C[N+](C)(C)C)P(=O)(O)O. The molecule has 0 spiro atoms. The van der Waals surface area contributed by atoms with Crippen molar-refractivity contribution in [2.45, 2.75) is 89.3 Å². The van der Waals surface area contributed by atoms with Crippen molar-refractivity contribution < 1.29 is 23.9 Å². The molecular weight excluding hydrogens is 373 g/mol. The van der Waals surface area contributed by atoms with Gasteiger partial charge in [-0.1, -0.05) is 50.5 Å². The molecule has 0 amide bonds. The van der Waals surface area contributed by atoms with Gasteiger partial charge in [-0.3, -0.25) is 4.57 Å². The molecule has 0 aliphatic rings. The summed E-state index contributed by atoms with van der Waals surface area (Å²) >= 11 is 0. The largest absolute Gasteiger partial charge is 0.373 e. The van der Waals surface area contributed by atoms with Gasteiger partial charge >= 0.3 is 7.60 Å². The molecule has 0 aromatic heterocycles. The van der Waals surface area contributed by atoms with Crippen LogP contribution in [0.1, 0.15) is 84.0 Å². The van der Waals surface area contributed by atoms with E-state index in [0.29, 0.717) is 10.9 Å². The zero-order valence-corrected chi connectivity index (χ0v) is 19.5. The molecule has 1 atom stereocenters. The van der Waals surface area contributed by atoms with Gasteiger partial charge in [0.15, 0.2) is 0 Å². The monoisotopic (exact) mass is 418 g/mol. The second kappa shape index (κ2) is 14.5. The van der Waals surface area contributed by atoms with E-state index in [2.05, 4.69) is 31.2 Å². The van der Waals surface area contributed by atoms with Crippen LogP contribution in [0.5, 0.6) is 0 Å². The molecule has 0 aromatic carbocycles. The van der Waals surface area contributed by atoms with E-state index in [4.69, 9.17) is 0 Å². The number of rotatable bonds is 17. The van der Waals surface area contributed by atoms with Crippen molar-refractivity contribution in [2.75, 3.05) is 27.7 Å². The third-order valence-corrected chi connectivity index (χ3v) is 6.22. The molecule has 3 N–H and O–H groups in total. The molecule has 1 unspecified atom stereocenters. The van der Waals surface area contributed by atoms with Crippen LogP contribution in [0, 0.1) is 0 Å². The van der Waals surface area contributed by atoms with Crippen molar-refractivity contribution in [1.82, 2.24) is 0 Å². The van der Waals surface area contributed by atoms with Gasteiger partial charge in [-0.2, -0.15) is 0 Å². The minimum atomic E-state index is -4.55. The van der Waals surface area contributed by atoms with Crippen molar-refractivity contribution in [3.8, 4) is 0 Å². The summed E-state index contributed by atoms with van der Waals surface area (Å²) < 4.78 is 12.0. The minimum Gasteiger partial charge on any atom is -0.373 e. The van der Waals surface area contributed by atoms with Crippen LogP contribution in [0.2, 0.25) is 0 Å². The maximum Gasteiger partial charge on any atom is 0.362 e. The van der Waals surface area contributed by atoms with E-state index in [1.165, 1.54) is 38.5 Å². The summed E-state index contributed by atoms with van der Waals surface area (Å²) in [4.78, 5) is 19.1. The first kappa shape index (κ1) is 27.5. The summed E-state index contributed by atoms with van der Waals surface area (Å²) in [6.45, 7) is 2.26. The zero-order valence-electron chi connectivity index (χ0n) is 18.6. The maximum absolute atomic E-state index is 11.7. The third-order valence-electron chi connectivity index (χ3n) is 4.77. The second-order valence-electron chi connectivity index (χ2n) is 8.94. The number of quaternary nitrogens is 1. The van der Waals surface area contributed by atoms with Gasteiger partial charge in [-0.05, 0) is 57.8 Å². The van der Waals surface area contributed by atoms with E-state index >= 15 is 0 Å². The fraction of sp³-hybridized carbons (Fsp3) is 0.818. The van der Waals surface area contributed by atoms with Crippen molar-refractivity contribution in [1.29, 1.82) is 0 Å². The Kier molecular flexibility index (Phi) is 14.3. The Balaban J connectivity index is 3.85. The number of hydrogen-bond acceptors (Lipinski definition) is 2. The lowest BCUT2D eigenvalue weighted by atomic mass is 10.1. The van der Waals surface area contributed by atoms with Crippen molar-refractivity contribution in [2.24, 2.45) is 0 Å². The van der Waals surface area contributed by atoms with Crippen LogP contribution in [0.15, 0.2) is 24.3 Å². The Morgan fingerprint density at radius 2 is 1.21 bits per heavy atom. The number of nitrogens with zero attached hydrogens (tertiary/aromatic N) is 1. The van der Waals surface area contributed by atoms with Gasteiger partial charge in [0, 0.05) is 0 Å². The van der Waals surface area contributed by atoms with Gasteiger partial charge in [-0.25, -0.2) is 0 Å². The van der Waals surface area contributed by atoms with E-state index in [1.807, 2.05) is 21.1 Å². The Hall–Kier alpha value is -0.450. The molecular formula is C22H45NO4P+. The molecule has 0 aromatic rings. The van der Waals surface area contributed by atoms with Crippen LogP contribution in [0.3, 0.4) is 0 Å². The fourth-order valence-corrected chi connectivity index (χ4v) is 4.30. The number of unbranched alkanes of at least 4 members (excludes halogenated alkanes) is 8. The highest BCUT2D eigenvalue weighted by molar-refractivity contribution is 7.53. The topological polar surface area (TPSA) is 77.8 Å². The highest BCUT2D eigenvalue weighted by atomic mass is 31.2. The Labute approximate surface area is 173 Å². The van der Waals surface area contributed by atoms with Crippen molar-refractivity contribution in [3.05, 3.63) is 24.3 Å². The Bertz CT molecular complexity index is 493. The smallest absolute Gasteiger partial charge is 0.362 e. The summed E-state index contributed by atoms with van der Waals surface area (Å²) in [5.74, 6) is 0. The summed E-state index contributed by atoms with van der Waals surface area (Å²) in [6.07, 6.45) is 21.1. The van der Waals surface area contributed by atoms with E-state index in [-0.39, 0.29) is 13.0 Å². The van der Waals surface area contributed by atoms with Gasteiger partial charge in [0.05, 0.1) is 21.1 Å². The van der Waals surface area contributed by atoms with Gasteiger partial charge in [0.25, 0.3) is 0 Å². The van der Waals surface area contributed by atoms with Crippen molar-refractivity contribution >= 4 is 7.60 Å². The first-order chi connectivity index (χ1) is 13.0. The molecule has 0 saturated carbocycles. The molecule has 0 fully saturated rings. The van der Waals surface area contributed by atoms with E-state index < -0.39 is 12.9 Å². The first-order valence-corrected chi connectivity index (χ1v) is 12.5. The van der Waals surface area contributed by atoms with Gasteiger partial charge < -0.3 is 19.4 Å². The highest BCUT2D eigenvalue weighted by Gasteiger charge is 2.48. The molecule has 6 heteroatoms. The van der Waals surface area contributed by atoms with Crippen LogP contribution in [-0.4, -0.2) is 52.4 Å². The van der Waals surface area contributed by atoms with Crippen LogP contribution in [0.4, 0.5) is 0 Å². The zero-order chi connectivity index (χ0) is 21.5. The third kappa shape index (κ3) is 14.5. The summed E-state index contributed by atoms with van der Waals surface area (Å²) in [6, 6.07) is 0. The molecule has 0 heterocycles. The predicted molar refractivity (Wildman–Crippen MR) is 119 cm³/mol.